The van der Waals surface area contributed by atoms with Gasteiger partial charge >= 0.3 is 0 Å². The van der Waals surface area contributed by atoms with Gasteiger partial charge < -0.3 is 15.0 Å². The van der Waals surface area contributed by atoms with E-state index in [1.54, 1.807) is 47.4 Å². The highest BCUT2D eigenvalue weighted by Gasteiger charge is 2.25. The number of rotatable bonds is 7. The van der Waals surface area contributed by atoms with E-state index >= 15 is 0 Å². The molecule has 1 N–H and O–H groups in total. The molecule has 0 unspecified atom stereocenters. The highest BCUT2D eigenvalue weighted by molar-refractivity contribution is 7.92. The summed E-state index contributed by atoms with van der Waals surface area (Å²) >= 11 is 0. The maximum Gasteiger partial charge on any atom is 0.264 e. The normalized spacial score (nSPS) is 13.6. The summed E-state index contributed by atoms with van der Waals surface area (Å²) in [5, 5.41) is 2.79. The van der Waals surface area contributed by atoms with Crippen molar-refractivity contribution in [1.82, 2.24) is 0 Å². The lowest BCUT2D eigenvalue weighted by Crippen LogP contribution is -2.26. The van der Waals surface area contributed by atoms with Crippen LogP contribution in [0.2, 0.25) is 0 Å². The van der Waals surface area contributed by atoms with Gasteiger partial charge in [0.1, 0.15) is 5.75 Å². The number of nitrogens with zero attached hydrogens (tertiary/aromatic N) is 2. The lowest BCUT2D eigenvalue weighted by Gasteiger charge is -2.20. The fourth-order valence-electron chi connectivity index (χ4n) is 3.80. The molecule has 0 atom stereocenters. The van der Waals surface area contributed by atoms with Crippen LogP contribution in [0.5, 0.6) is 5.75 Å². The van der Waals surface area contributed by atoms with Gasteiger partial charge in [-0.2, -0.15) is 0 Å². The SMILES string of the molecule is COc1cc(NC(=O)c2ccc(S(=O)(=O)N(C)c3ccccc3)cc2)ccc1N1CCCC1=O. The van der Waals surface area contributed by atoms with Gasteiger partial charge in [0.15, 0.2) is 0 Å². The van der Waals surface area contributed by atoms with Crippen molar-refractivity contribution in [3.05, 3.63) is 78.4 Å². The molecule has 34 heavy (non-hydrogen) atoms. The molecule has 176 valence electrons. The van der Waals surface area contributed by atoms with E-state index in [0.29, 0.717) is 41.3 Å². The molecule has 0 aliphatic carbocycles. The Bertz CT molecular complexity index is 1310. The molecule has 4 rings (SSSR count). The Balaban J connectivity index is 1.49. The number of hydrogen-bond donors (Lipinski definition) is 1. The lowest BCUT2D eigenvalue weighted by molar-refractivity contribution is -0.117. The zero-order chi connectivity index (χ0) is 24.3. The summed E-state index contributed by atoms with van der Waals surface area (Å²) in [6.07, 6.45) is 1.31. The van der Waals surface area contributed by atoms with Gasteiger partial charge in [-0.1, -0.05) is 18.2 Å². The highest BCUT2D eigenvalue weighted by Crippen LogP contribution is 2.34. The van der Waals surface area contributed by atoms with E-state index in [0.717, 1.165) is 6.42 Å². The Labute approximate surface area is 198 Å². The number of sulfonamides is 1. The number of para-hydroxylation sites is 1. The van der Waals surface area contributed by atoms with Gasteiger partial charge in [-0.15, -0.1) is 0 Å². The molecular formula is C25H25N3O5S. The van der Waals surface area contributed by atoms with E-state index in [-0.39, 0.29) is 10.8 Å². The maximum absolute atomic E-state index is 12.9. The second-order valence-electron chi connectivity index (χ2n) is 7.82. The van der Waals surface area contributed by atoms with Crippen molar-refractivity contribution in [2.45, 2.75) is 17.7 Å². The van der Waals surface area contributed by atoms with Gasteiger partial charge in [-0.3, -0.25) is 13.9 Å². The van der Waals surface area contributed by atoms with Crippen LogP contribution in [0.1, 0.15) is 23.2 Å². The minimum Gasteiger partial charge on any atom is -0.494 e. The standard InChI is InChI=1S/C25H25N3O5S/c1-27(20-7-4-3-5-8-20)34(31,32)21-13-10-18(11-14-21)25(30)26-19-12-15-22(23(17-19)33-2)28-16-6-9-24(28)29/h3-5,7-8,10-15,17H,6,9,16H2,1-2H3,(H,26,30). The summed E-state index contributed by atoms with van der Waals surface area (Å²) in [6.45, 7) is 0.635. The number of amides is 2. The van der Waals surface area contributed by atoms with E-state index < -0.39 is 15.9 Å². The first-order chi connectivity index (χ1) is 16.3. The Hall–Kier alpha value is -3.85. The van der Waals surface area contributed by atoms with E-state index in [1.807, 2.05) is 6.07 Å². The molecule has 1 aliphatic rings. The van der Waals surface area contributed by atoms with Gasteiger partial charge in [0.05, 0.1) is 23.4 Å². The maximum atomic E-state index is 12.9. The van der Waals surface area contributed by atoms with Crippen molar-refractivity contribution >= 4 is 38.9 Å². The van der Waals surface area contributed by atoms with Crippen LogP contribution in [0.25, 0.3) is 0 Å². The van der Waals surface area contributed by atoms with E-state index in [4.69, 9.17) is 4.74 Å². The zero-order valence-corrected chi connectivity index (χ0v) is 19.7. The summed E-state index contributed by atoms with van der Waals surface area (Å²) in [6, 6.07) is 19.6. The fraction of sp³-hybridized carbons (Fsp3) is 0.200. The number of nitrogens with one attached hydrogen (secondary N) is 1. The van der Waals surface area contributed by atoms with E-state index in [9.17, 15) is 18.0 Å². The van der Waals surface area contributed by atoms with Crippen LogP contribution in [0.4, 0.5) is 17.1 Å². The molecule has 1 heterocycles. The molecular weight excluding hydrogens is 454 g/mol. The second kappa shape index (κ2) is 9.56. The Kier molecular flexibility index (Phi) is 6.56. The number of benzene rings is 3. The first kappa shape index (κ1) is 23.3. The largest absolute Gasteiger partial charge is 0.494 e. The van der Waals surface area contributed by atoms with Crippen molar-refractivity contribution in [2.75, 3.05) is 35.2 Å². The molecule has 0 bridgehead atoms. The van der Waals surface area contributed by atoms with Crippen molar-refractivity contribution < 1.29 is 22.7 Å². The lowest BCUT2D eigenvalue weighted by atomic mass is 10.2. The van der Waals surface area contributed by atoms with E-state index in [1.165, 1.54) is 42.7 Å². The monoisotopic (exact) mass is 479 g/mol. The topological polar surface area (TPSA) is 96.0 Å². The molecule has 8 nitrogen and oxygen atoms in total. The van der Waals surface area contributed by atoms with Gasteiger partial charge in [0.2, 0.25) is 5.91 Å². The summed E-state index contributed by atoms with van der Waals surface area (Å²) in [5.41, 5.74) is 2.01. The predicted octanol–water partition coefficient (Wildman–Crippen LogP) is 3.90. The Morgan fingerprint density at radius 3 is 2.35 bits per heavy atom. The number of ether oxygens (including phenoxy) is 1. The van der Waals surface area contributed by atoms with Gasteiger partial charge in [0.25, 0.3) is 15.9 Å². The molecule has 3 aromatic rings. The van der Waals surface area contributed by atoms with Crippen LogP contribution in [-0.4, -0.2) is 40.9 Å². The minimum atomic E-state index is -3.77. The van der Waals surface area contributed by atoms with Crippen LogP contribution in [0, 0.1) is 0 Å². The van der Waals surface area contributed by atoms with Crippen LogP contribution in [0.3, 0.4) is 0 Å². The number of methoxy groups -OCH3 is 1. The quantitative estimate of drug-likeness (QED) is 0.555. The zero-order valence-electron chi connectivity index (χ0n) is 18.9. The smallest absolute Gasteiger partial charge is 0.264 e. The van der Waals surface area contributed by atoms with Gasteiger partial charge in [-0.05, 0) is 55.0 Å². The first-order valence-electron chi connectivity index (χ1n) is 10.7. The Morgan fingerprint density at radius 1 is 1.03 bits per heavy atom. The average molecular weight is 480 g/mol. The summed E-state index contributed by atoms with van der Waals surface area (Å²) < 4.78 is 32.5. The Morgan fingerprint density at radius 2 is 1.74 bits per heavy atom. The molecule has 0 saturated carbocycles. The third kappa shape index (κ3) is 4.60. The first-order valence-corrected chi connectivity index (χ1v) is 12.2. The van der Waals surface area contributed by atoms with Crippen LogP contribution < -0.4 is 19.3 Å². The molecule has 1 aliphatic heterocycles. The van der Waals surface area contributed by atoms with Crippen molar-refractivity contribution in [1.29, 1.82) is 0 Å². The predicted molar refractivity (Wildman–Crippen MR) is 131 cm³/mol. The number of hydrogen-bond acceptors (Lipinski definition) is 5. The summed E-state index contributed by atoms with van der Waals surface area (Å²) in [4.78, 5) is 26.6. The average Bonchev–Trinajstić information content (AvgIpc) is 3.29. The molecule has 1 saturated heterocycles. The molecule has 0 aromatic heterocycles. The van der Waals surface area contributed by atoms with Crippen LogP contribution in [0.15, 0.2) is 77.7 Å². The molecule has 0 radical (unpaired) electrons. The van der Waals surface area contributed by atoms with Crippen molar-refractivity contribution in [3.8, 4) is 5.75 Å². The number of carbonyl (C=O) groups is 2. The van der Waals surface area contributed by atoms with Gasteiger partial charge in [-0.25, -0.2) is 8.42 Å². The van der Waals surface area contributed by atoms with Crippen LogP contribution >= 0.6 is 0 Å². The third-order valence-corrected chi connectivity index (χ3v) is 7.50. The molecule has 2 amide bonds. The highest BCUT2D eigenvalue weighted by atomic mass is 32.2. The fourth-order valence-corrected chi connectivity index (χ4v) is 4.99. The summed E-state index contributed by atoms with van der Waals surface area (Å²) in [5.74, 6) is 0.133. The molecule has 9 heteroatoms. The second-order valence-corrected chi connectivity index (χ2v) is 9.79. The molecule has 3 aromatic carbocycles. The van der Waals surface area contributed by atoms with E-state index in [2.05, 4.69) is 5.32 Å². The van der Waals surface area contributed by atoms with Crippen molar-refractivity contribution in [2.24, 2.45) is 0 Å². The number of anilines is 3. The third-order valence-electron chi connectivity index (χ3n) is 5.70. The molecule has 1 fully saturated rings. The molecule has 0 spiro atoms. The number of carbonyl (C=O) groups excluding carboxylic acids is 2. The van der Waals surface area contributed by atoms with Crippen LogP contribution in [-0.2, 0) is 14.8 Å². The van der Waals surface area contributed by atoms with Crippen molar-refractivity contribution in [3.63, 3.8) is 0 Å². The summed E-state index contributed by atoms with van der Waals surface area (Å²) in [7, 11) is -0.772. The van der Waals surface area contributed by atoms with Gasteiger partial charge in [0, 0.05) is 37.3 Å². The minimum absolute atomic E-state index is 0.0445.